The predicted molar refractivity (Wildman–Crippen MR) is 77.7 cm³/mol. The van der Waals surface area contributed by atoms with Crippen molar-refractivity contribution in [3.63, 3.8) is 0 Å². The maximum Gasteiger partial charge on any atom is 0.326 e. The SMILES string of the molecule is O=C(O)C1CCCCN1C(=O)c1cccc(-n2ccnn2)c1. The van der Waals surface area contributed by atoms with Crippen molar-refractivity contribution in [3.05, 3.63) is 42.2 Å². The third-order valence-corrected chi connectivity index (χ3v) is 3.83. The molecule has 7 nitrogen and oxygen atoms in total. The molecule has 2 aromatic rings. The van der Waals surface area contributed by atoms with Crippen LogP contribution in [0.4, 0.5) is 0 Å². The fourth-order valence-corrected chi connectivity index (χ4v) is 2.72. The van der Waals surface area contributed by atoms with Crippen molar-refractivity contribution < 1.29 is 14.7 Å². The highest BCUT2D eigenvalue weighted by atomic mass is 16.4. The molecule has 0 radical (unpaired) electrons. The van der Waals surface area contributed by atoms with Crippen LogP contribution < -0.4 is 0 Å². The number of benzene rings is 1. The number of carboxylic acids is 1. The third-order valence-electron chi connectivity index (χ3n) is 3.83. The average molecular weight is 300 g/mol. The lowest BCUT2D eigenvalue weighted by atomic mass is 10.0. The second-order valence-corrected chi connectivity index (χ2v) is 5.25. The monoisotopic (exact) mass is 300 g/mol. The zero-order valence-corrected chi connectivity index (χ0v) is 11.9. The number of carbonyl (C=O) groups is 2. The van der Waals surface area contributed by atoms with Gasteiger partial charge in [0, 0.05) is 12.1 Å². The van der Waals surface area contributed by atoms with Crippen molar-refractivity contribution in [2.24, 2.45) is 0 Å². The average Bonchev–Trinajstić information content (AvgIpc) is 3.09. The van der Waals surface area contributed by atoms with Gasteiger partial charge in [-0.15, -0.1) is 5.10 Å². The molecule has 1 aliphatic rings. The number of aliphatic carboxylic acids is 1. The molecule has 0 bridgehead atoms. The third kappa shape index (κ3) is 2.69. The van der Waals surface area contributed by atoms with Crippen molar-refractivity contribution in [3.8, 4) is 5.69 Å². The van der Waals surface area contributed by atoms with E-state index in [1.807, 2.05) is 6.07 Å². The number of rotatable bonds is 3. The molecule has 1 fully saturated rings. The molecular weight excluding hydrogens is 284 g/mol. The van der Waals surface area contributed by atoms with E-state index in [-0.39, 0.29) is 5.91 Å². The highest BCUT2D eigenvalue weighted by Gasteiger charge is 2.32. The molecule has 1 unspecified atom stereocenters. The van der Waals surface area contributed by atoms with Gasteiger partial charge in [-0.2, -0.15) is 0 Å². The minimum atomic E-state index is -0.944. The number of nitrogens with zero attached hydrogens (tertiary/aromatic N) is 4. The van der Waals surface area contributed by atoms with Gasteiger partial charge in [0.05, 0.1) is 18.1 Å². The number of carboxylic acid groups (broad SMARTS) is 1. The van der Waals surface area contributed by atoms with E-state index >= 15 is 0 Å². The summed E-state index contributed by atoms with van der Waals surface area (Å²) in [7, 11) is 0. The first kappa shape index (κ1) is 14.2. The molecule has 1 amide bonds. The number of hydrogen-bond acceptors (Lipinski definition) is 4. The summed E-state index contributed by atoms with van der Waals surface area (Å²) in [4.78, 5) is 25.4. The quantitative estimate of drug-likeness (QED) is 0.924. The summed E-state index contributed by atoms with van der Waals surface area (Å²) >= 11 is 0. The first-order chi connectivity index (χ1) is 10.7. The smallest absolute Gasteiger partial charge is 0.326 e. The molecule has 3 rings (SSSR count). The predicted octanol–water partition coefficient (Wildman–Crippen LogP) is 1.35. The van der Waals surface area contributed by atoms with Crippen molar-refractivity contribution >= 4 is 11.9 Å². The van der Waals surface area contributed by atoms with E-state index in [1.54, 1.807) is 35.3 Å². The molecule has 114 valence electrons. The molecule has 0 spiro atoms. The van der Waals surface area contributed by atoms with Crippen LogP contribution in [0.3, 0.4) is 0 Å². The van der Waals surface area contributed by atoms with Crippen molar-refractivity contribution in [2.75, 3.05) is 6.54 Å². The molecular formula is C15H16N4O3. The van der Waals surface area contributed by atoms with E-state index in [0.29, 0.717) is 24.2 Å². The Labute approximate surface area is 127 Å². The molecule has 0 saturated carbocycles. The molecule has 1 saturated heterocycles. The highest BCUT2D eigenvalue weighted by molar-refractivity contribution is 5.97. The zero-order chi connectivity index (χ0) is 15.5. The summed E-state index contributed by atoms with van der Waals surface area (Å²) in [6.45, 7) is 0.476. The molecule has 1 atom stereocenters. The Bertz CT molecular complexity index is 684. The number of aromatic nitrogens is 3. The number of piperidine rings is 1. The fourth-order valence-electron chi connectivity index (χ4n) is 2.72. The zero-order valence-electron chi connectivity index (χ0n) is 11.9. The molecule has 1 aromatic heterocycles. The highest BCUT2D eigenvalue weighted by Crippen LogP contribution is 2.21. The van der Waals surface area contributed by atoms with Gasteiger partial charge < -0.3 is 10.0 Å². The number of hydrogen-bond donors (Lipinski definition) is 1. The first-order valence-electron chi connectivity index (χ1n) is 7.17. The van der Waals surface area contributed by atoms with Gasteiger partial charge in [-0.25, -0.2) is 9.48 Å². The second-order valence-electron chi connectivity index (χ2n) is 5.25. The van der Waals surface area contributed by atoms with Crippen LogP contribution in [0.15, 0.2) is 36.7 Å². The van der Waals surface area contributed by atoms with Crippen LogP contribution in [0, 0.1) is 0 Å². The van der Waals surface area contributed by atoms with Gasteiger partial charge in [0.15, 0.2) is 0 Å². The minimum Gasteiger partial charge on any atom is -0.480 e. The molecule has 0 aliphatic carbocycles. The van der Waals surface area contributed by atoms with Gasteiger partial charge in [-0.3, -0.25) is 4.79 Å². The van der Waals surface area contributed by atoms with E-state index in [0.717, 1.165) is 12.8 Å². The molecule has 7 heteroatoms. The summed E-state index contributed by atoms with van der Waals surface area (Å²) in [6, 6.07) is 6.22. The van der Waals surface area contributed by atoms with Gasteiger partial charge >= 0.3 is 5.97 Å². The Morgan fingerprint density at radius 1 is 1.27 bits per heavy atom. The molecule has 1 N–H and O–H groups in total. The van der Waals surface area contributed by atoms with Crippen molar-refractivity contribution in [1.82, 2.24) is 19.9 Å². The van der Waals surface area contributed by atoms with Gasteiger partial charge in [-0.05, 0) is 37.5 Å². The van der Waals surface area contributed by atoms with Crippen LogP contribution in [-0.2, 0) is 4.79 Å². The number of likely N-dealkylation sites (tertiary alicyclic amines) is 1. The normalized spacial score (nSPS) is 18.2. The fraction of sp³-hybridized carbons (Fsp3) is 0.333. The van der Waals surface area contributed by atoms with Crippen LogP contribution in [0.1, 0.15) is 29.6 Å². The summed E-state index contributed by atoms with van der Waals surface area (Å²) < 4.78 is 1.56. The Morgan fingerprint density at radius 3 is 2.86 bits per heavy atom. The lowest BCUT2D eigenvalue weighted by Gasteiger charge is -2.33. The summed E-state index contributed by atoms with van der Waals surface area (Å²) in [5.41, 5.74) is 1.17. The van der Waals surface area contributed by atoms with Gasteiger partial charge in [0.25, 0.3) is 5.91 Å². The molecule has 1 aliphatic heterocycles. The Hall–Kier alpha value is -2.70. The Kier molecular flexibility index (Phi) is 3.86. The standard InChI is InChI=1S/C15H16N4O3/c20-14(18-8-2-1-6-13(18)15(21)22)11-4-3-5-12(10-11)19-9-7-16-17-19/h3-5,7,9-10,13H,1-2,6,8H2,(H,21,22). The molecule has 2 heterocycles. The first-order valence-corrected chi connectivity index (χ1v) is 7.17. The van der Waals surface area contributed by atoms with E-state index in [2.05, 4.69) is 10.3 Å². The van der Waals surface area contributed by atoms with Gasteiger partial charge in [0.1, 0.15) is 6.04 Å². The van der Waals surface area contributed by atoms with E-state index < -0.39 is 12.0 Å². The van der Waals surface area contributed by atoms with Crippen LogP contribution in [-0.4, -0.2) is 49.5 Å². The second kappa shape index (κ2) is 5.97. The lowest BCUT2D eigenvalue weighted by molar-refractivity contribution is -0.143. The van der Waals surface area contributed by atoms with Gasteiger partial charge in [-0.1, -0.05) is 11.3 Å². The lowest BCUT2D eigenvalue weighted by Crippen LogP contribution is -2.48. The Balaban J connectivity index is 1.88. The van der Waals surface area contributed by atoms with Crippen LogP contribution >= 0.6 is 0 Å². The Morgan fingerprint density at radius 2 is 2.14 bits per heavy atom. The topological polar surface area (TPSA) is 88.3 Å². The van der Waals surface area contributed by atoms with E-state index in [9.17, 15) is 14.7 Å². The van der Waals surface area contributed by atoms with Crippen LogP contribution in [0.25, 0.3) is 5.69 Å². The summed E-state index contributed by atoms with van der Waals surface area (Å²) in [5, 5.41) is 16.9. The number of carbonyl (C=O) groups excluding carboxylic acids is 1. The minimum absolute atomic E-state index is 0.255. The van der Waals surface area contributed by atoms with E-state index in [4.69, 9.17) is 0 Å². The van der Waals surface area contributed by atoms with Gasteiger partial charge in [0.2, 0.25) is 0 Å². The van der Waals surface area contributed by atoms with Crippen molar-refractivity contribution in [2.45, 2.75) is 25.3 Å². The van der Waals surface area contributed by atoms with E-state index in [1.165, 1.54) is 4.90 Å². The summed E-state index contributed by atoms with van der Waals surface area (Å²) in [6.07, 6.45) is 5.41. The maximum absolute atomic E-state index is 12.7. The van der Waals surface area contributed by atoms with Crippen LogP contribution in [0.2, 0.25) is 0 Å². The van der Waals surface area contributed by atoms with Crippen LogP contribution in [0.5, 0.6) is 0 Å². The summed E-state index contributed by atoms with van der Waals surface area (Å²) in [5.74, 6) is -1.20. The maximum atomic E-state index is 12.7. The van der Waals surface area contributed by atoms with Crippen molar-refractivity contribution in [1.29, 1.82) is 0 Å². The number of amides is 1. The largest absolute Gasteiger partial charge is 0.480 e. The molecule has 1 aromatic carbocycles. The molecule has 22 heavy (non-hydrogen) atoms.